The molecule has 4 rings (SSSR count). The van der Waals surface area contributed by atoms with Gasteiger partial charge in [-0.2, -0.15) is 4.37 Å². The Bertz CT molecular complexity index is 1190. The zero-order valence-electron chi connectivity index (χ0n) is 17.6. The van der Waals surface area contributed by atoms with Crippen LogP contribution in [0.25, 0.3) is 0 Å². The molecule has 1 fully saturated rings. The third-order valence-electron chi connectivity index (χ3n) is 5.46. The molecule has 3 aromatic rings. The van der Waals surface area contributed by atoms with Gasteiger partial charge in [-0.25, -0.2) is 22.2 Å². The number of rotatable bonds is 8. The lowest BCUT2D eigenvalue weighted by Gasteiger charge is -2.32. The fraction of sp³-hybridized carbons (Fsp3) is 0.333. The van der Waals surface area contributed by atoms with Gasteiger partial charge in [0.1, 0.15) is 22.8 Å². The van der Waals surface area contributed by atoms with E-state index >= 15 is 0 Å². The molecule has 1 saturated heterocycles. The third-order valence-corrected chi connectivity index (χ3v) is 7.53. The van der Waals surface area contributed by atoms with E-state index in [0.717, 1.165) is 48.2 Å². The molecule has 1 aliphatic rings. The van der Waals surface area contributed by atoms with Crippen molar-refractivity contribution in [1.29, 1.82) is 0 Å². The number of halogens is 2. The average molecular weight is 497 g/mol. The van der Waals surface area contributed by atoms with Gasteiger partial charge in [0.2, 0.25) is 5.13 Å². The Labute approximate surface area is 194 Å². The topological polar surface area (TPSA) is 102 Å². The Balaban J connectivity index is 1.48. The Morgan fingerprint density at radius 3 is 2.70 bits per heavy atom. The first-order valence-corrected chi connectivity index (χ1v) is 12.4. The molecule has 33 heavy (non-hydrogen) atoms. The van der Waals surface area contributed by atoms with Crippen molar-refractivity contribution in [2.45, 2.75) is 17.2 Å². The highest BCUT2D eigenvalue weighted by molar-refractivity contribution is 7.93. The number of hydrogen-bond donors (Lipinski definition) is 2. The Hall–Kier alpha value is -2.83. The summed E-state index contributed by atoms with van der Waals surface area (Å²) in [5.74, 6) is -1.51. The summed E-state index contributed by atoms with van der Waals surface area (Å²) in [7, 11) is -2.77. The number of hydrogen-bond acceptors (Lipinski definition) is 8. The largest absolute Gasteiger partial charge is 0.497 e. The number of sulfonamides is 1. The van der Waals surface area contributed by atoms with Crippen LogP contribution in [0.5, 0.6) is 11.5 Å². The van der Waals surface area contributed by atoms with Gasteiger partial charge >= 0.3 is 0 Å². The molecule has 2 aromatic carbocycles. The van der Waals surface area contributed by atoms with Crippen molar-refractivity contribution in [2.24, 2.45) is 5.92 Å². The minimum Gasteiger partial charge on any atom is -0.497 e. The first-order chi connectivity index (χ1) is 15.9. The second-order valence-electron chi connectivity index (χ2n) is 7.51. The second kappa shape index (κ2) is 9.98. The molecule has 176 valence electrons. The molecule has 0 unspecified atom stereocenters. The van der Waals surface area contributed by atoms with Gasteiger partial charge in [-0.3, -0.25) is 4.72 Å². The lowest BCUT2D eigenvalue weighted by Crippen LogP contribution is -2.38. The summed E-state index contributed by atoms with van der Waals surface area (Å²) in [5, 5.41) is 3.25. The molecule has 1 aromatic heterocycles. The standard InChI is InChI=1S/C21H22F2N4O4S2/c1-30-15-4-2-13(3-5-15)16-6-7-24-10-14(16)11-31-19-8-18(23)20(9-17(19)22)33(28,29)27-21-25-12-26-32-21/h2-5,8-9,12,14,16,24H,6-7,10-11H2,1H3,(H,25,26,27)/t14-,16-/m1/s1. The fourth-order valence-corrected chi connectivity index (χ4v) is 5.53. The van der Waals surface area contributed by atoms with Gasteiger partial charge in [0.25, 0.3) is 10.0 Å². The monoisotopic (exact) mass is 496 g/mol. The number of ether oxygens (including phenoxy) is 2. The van der Waals surface area contributed by atoms with Gasteiger partial charge in [0.05, 0.1) is 13.7 Å². The van der Waals surface area contributed by atoms with Crippen molar-refractivity contribution >= 4 is 26.7 Å². The third kappa shape index (κ3) is 5.40. The molecule has 12 heteroatoms. The summed E-state index contributed by atoms with van der Waals surface area (Å²) >= 11 is 0.777. The zero-order valence-corrected chi connectivity index (χ0v) is 19.3. The first-order valence-electron chi connectivity index (χ1n) is 10.1. The first kappa shape index (κ1) is 23.3. The van der Waals surface area contributed by atoms with E-state index in [0.29, 0.717) is 12.6 Å². The van der Waals surface area contributed by atoms with E-state index in [1.165, 1.54) is 0 Å². The molecule has 0 amide bonds. The highest BCUT2D eigenvalue weighted by Crippen LogP contribution is 2.33. The SMILES string of the molecule is COc1ccc([C@H]2CCNC[C@@H]2COc2cc(F)c(S(=O)(=O)Nc3ncns3)cc2F)cc1. The van der Waals surface area contributed by atoms with E-state index in [-0.39, 0.29) is 29.3 Å². The Morgan fingerprint density at radius 2 is 2.00 bits per heavy atom. The van der Waals surface area contributed by atoms with E-state index < -0.39 is 26.6 Å². The van der Waals surface area contributed by atoms with E-state index in [9.17, 15) is 17.2 Å². The number of aromatic nitrogens is 2. The van der Waals surface area contributed by atoms with Crippen LogP contribution in [-0.2, 0) is 10.0 Å². The molecule has 0 radical (unpaired) electrons. The molecule has 0 saturated carbocycles. The van der Waals surface area contributed by atoms with Gasteiger partial charge in [0, 0.05) is 36.1 Å². The van der Waals surface area contributed by atoms with Crippen molar-refractivity contribution < 1.29 is 26.7 Å². The summed E-state index contributed by atoms with van der Waals surface area (Å²) in [6.07, 6.45) is 2.02. The highest BCUT2D eigenvalue weighted by atomic mass is 32.2. The maximum absolute atomic E-state index is 14.7. The molecule has 2 heterocycles. The lowest BCUT2D eigenvalue weighted by atomic mass is 9.81. The smallest absolute Gasteiger partial charge is 0.266 e. The van der Waals surface area contributed by atoms with Crippen LogP contribution in [0.1, 0.15) is 17.9 Å². The predicted octanol–water partition coefficient (Wildman–Crippen LogP) is 3.40. The summed E-state index contributed by atoms with van der Waals surface area (Å²) in [6, 6.07) is 9.12. The van der Waals surface area contributed by atoms with Gasteiger partial charge in [-0.15, -0.1) is 0 Å². The van der Waals surface area contributed by atoms with E-state index in [1.807, 2.05) is 24.3 Å². The highest BCUT2D eigenvalue weighted by Gasteiger charge is 2.28. The maximum Gasteiger partial charge on any atom is 0.266 e. The van der Waals surface area contributed by atoms with Crippen molar-refractivity contribution in [1.82, 2.24) is 14.7 Å². The Morgan fingerprint density at radius 1 is 1.21 bits per heavy atom. The van der Waals surface area contributed by atoms with Gasteiger partial charge in [0.15, 0.2) is 11.6 Å². The van der Waals surface area contributed by atoms with Crippen LogP contribution in [0.15, 0.2) is 47.6 Å². The minimum atomic E-state index is -4.37. The average Bonchev–Trinajstić information content (AvgIpc) is 3.32. The second-order valence-corrected chi connectivity index (χ2v) is 9.94. The number of nitrogens with one attached hydrogen (secondary N) is 2. The molecular formula is C21H22F2N4O4S2. The number of anilines is 1. The summed E-state index contributed by atoms with van der Waals surface area (Å²) in [6.45, 7) is 1.62. The van der Waals surface area contributed by atoms with E-state index in [2.05, 4.69) is 19.4 Å². The minimum absolute atomic E-state index is 0.0112. The number of nitrogens with zero attached hydrogens (tertiary/aromatic N) is 2. The lowest BCUT2D eigenvalue weighted by molar-refractivity contribution is 0.190. The van der Waals surface area contributed by atoms with Crippen molar-refractivity contribution in [3.63, 3.8) is 0 Å². The molecule has 2 atom stereocenters. The van der Waals surface area contributed by atoms with Crippen LogP contribution in [0.4, 0.5) is 13.9 Å². The fourth-order valence-electron chi connectivity index (χ4n) is 3.80. The van der Waals surface area contributed by atoms with Gasteiger partial charge in [-0.1, -0.05) is 12.1 Å². The van der Waals surface area contributed by atoms with Crippen molar-refractivity contribution in [3.05, 3.63) is 59.9 Å². The number of methoxy groups -OCH3 is 1. The van der Waals surface area contributed by atoms with Crippen LogP contribution in [0.3, 0.4) is 0 Å². The summed E-state index contributed by atoms with van der Waals surface area (Å²) in [5.41, 5.74) is 1.11. The van der Waals surface area contributed by atoms with Crippen molar-refractivity contribution in [2.75, 3.05) is 31.5 Å². The quantitative estimate of drug-likeness (QED) is 0.493. The van der Waals surface area contributed by atoms with Crippen LogP contribution < -0.4 is 19.5 Å². The molecule has 0 spiro atoms. The van der Waals surface area contributed by atoms with E-state index in [1.54, 1.807) is 7.11 Å². The Kier molecular flexibility index (Phi) is 7.05. The van der Waals surface area contributed by atoms with Gasteiger partial charge < -0.3 is 14.8 Å². The normalized spacial score (nSPS) is 18.6. The molecule has 1 aliphatic heterocycles. The molecule has 8 nitrogen and oxygen atoms in total. The van der Waals surface area contributed by atoms with E-state index in [4.69, 9.17) is 9.47 Å². The molecule has 2 N–H and O–H groups in total. The van der Waals surface area contributed by atoms with Crippen LogP contribution >= 0.6 is 11.5 Å². The van der Waals surface area contributed by atoms with Crippen molar-refractivity contribution in [3.8, 4) is 11.5 Å². The molecule has 0 bridgehead atoms. The van der Waals surface area contributed by atoms with Crippen LogP contribution in [0, 0.1) is 17.6 Å². The summed E-state index contributed by atoms with van der Waals surface area (Å²) in [4.78, 5) is 2.85. The summed E-state index contributed by atoms with van der Waals surface area (Å²) < 4.78 is 70.6. The predicted molar refractivity (Wildman–Crippen MR) is 119 cm³/mol. The van der Waals surface area contributed by atoms with Crippen LogP contribution in [-0.4, -0.2) is 44.6 Å². The van der Waals surface area contributed by atoms with Gasteiger partial charge in [-0.05, 0) is 36.6 Å². The number of benzene rings is 2. The zero-order chi connectivity index (χ0) is 23.4. The number of piperidine rings is 1. The molecular weight excluding hydrogens is 474 g/mol. The maximum atomic E-state index is 14.7. The van der Waals surface area contributed by atoms with Crippen LogP contribution in [0.2, 0.25) is 0 Å². The molecule has 0 aliphatic carbocycles.